The van der Waals surface area contributed by atoms with Crippen LogP contribution < -0.4 is 10.0 Å². The van der Waals surface area contributed by atoms with E-state index in [4.69, 9.17) is 0 Å². The van der Waals surface area contributed by atoms with Crippen molar-refractivity contribution >= 4 is 21.8 Å². The molecule has 30 heavy (non-hydrogen) atoms. The zero-order valence-electron chi connectivity index (χ0n) is 18.2. The van der Waals surface area contributed by atoms with Crippen molar-refractivity contribution in [2.45, 2.75) is 82.7 Å². The summed E-state index contributed by atoms with van der Waals surface area (Å²) in [6, 6.07) is 9.31. The summed E-state index contributed by atoms with van der Waals surface area (Å²) in [5.41, 5.74) is -1.07. The van der Waals surface area contributed by atoms with Crippen LogP contribution in [-0.2, 0) is 14.8 Å². The maximum Gasteiger partial charge on any atom is 0.262 e. The van der Waals surface area contributed by atoms with E-state index in [1.54, 1.807) is 39.0 Å². The third-order valence-electron chi connectivity index (χ3n) is 5.45. The number of sulfonamides is 1. The first-order valence-electron chi connectivity index (χ1n) is 10.3. The number of hydrogen-bond donors (Lipinski definition) is 2. The van der Waals surface area contributed by atoms with Crippen LogP contribution in [0.3, 0.4) is 0 Å². The van der Waals surface area contributed by atoms with Gasteiger partial charge in [0.1, 0.15) is 17.4 Å². The van der Waals surface area contributed by atoms with E-state index in [1.165, 1.54) is 18.6 Å². The number of nitrogens with one attached hydrogen (secondary N) is 2. The van der Waals surface area contributed by atoms with Crippen molar-refractivity contribution in [3.05, 3.63) is 30.3 Å². The molecule has 7 nitrogen and oxygen atoms in total. The lowest BCUT2D eigenvalue weighted by Crippen LogP contribution is -2.48. The van der Waals surface area contributed by atoms with Gasteiger partial charge in [-0.15, -0.1) is 0 Å². The number of benzene rings is 1. The largest absolute Gasteiger partial charge is 0.336 e. The van der Waals surface area contributed by atoms with Gasteiger partial charge in [-0.3, -0.25) is 14.5 Å². The molecule has 1 atom stereocenters. The summed E-state index contributed by atoms with van der Waals surface area (Å²) in [5, 5.41) is 12.0. The predicted octanol–water partition coefficient (Wildman–Crippen LogP) is 3.53. The summed E-state index contributed by atoms with van der Waals surface area (Å²) in [7, 11) is -3.78. The number of nitrogens with zero attached hydrogens (tertiary/aromatic N) is 2. The quantitative estimate of drug-likeness (QED) is 0.507. The van der Waals surface area contributed by atoms with Crippen molar-refractivity contribution in [3.8, 4) is 6.07 Å². The highest BCUT2D eigenvalue weighted by atomic mass is 32.2. The van der Waals surface area contributed by atoms with Gasteiger partial charge < -0.3 is 5.32 Å². The number of amides is 1. The Kier molecular flexibility index (Phi) is 7.64. The van der Waals surface area contributed by atoms with Crippen molar-refractivity contribution in [2.24, 2.45) is 10.4 Å². The number of rotatable bonds is 7. The van der Waals surface area contributed by atoms with Crippen molar-refractivity contribution in [1.29, 1.82) is 5.26 Å². The number of nitriles is 1. The highest BCUT2D eigenvalue weighted by Crippen LogP contribution is 2.40. The normalized spacial score (nSPS) is 18.2. The van der Waals surface area contributed by atoms with Crippen LogP contribution in [0, 0.1) is 16.7 Å². The molecule has 0 spiro atoms. The number of aliphatic imine (C=N–C) groups is 1. The Morgan fingerprint density at radius 3 is 2.40 bits per heavy atom. The molecule has 164 valence electrons. The highest BCUT2D eigenvalue weighted by Gasteiger charge is 2.34. The summed E-state index contributed by atoms with van der Waals surface area (Å²) in [6.45, 7) is 6.94. The first-order chi connectivity index (χ1) is 14.0. The molecule has 0 bridgehead atoms. The third-order valence-corrected chi connectivity index (χ3v) is 6.91. The second-order valence-corrected chi connectivity index (χ2v) is 10.6. The summed E-state index contributed by atoms with van der Waals surface area (Å²) < 4.78 is 27.6. The van der Waals surface area contributed by atoms with Crippen LogP contribution in [-0.4, -0.2) is 31.7 Å². The Labute approximate surface area is 180 Å². The molecule has 1 aromatic rings. The molecule has 0 saturated heterocycles. The monoisotopic (exact) mass is 432 g/mol. The zero-order chi connectivity index (χ0) is 22.4. The zero-order valence-corrected chi connectivity index (χ0v) is 19.1. The predicted molar refractivity (Wildman–Crippen MR) is 117 cm³/mol. The standard InChI is InChI=1S/C22H32N4O3S/c1-17(26-30(28,29)18-11-7-5-8-12-18)24-19(20(27)25-21(2,3)16-23)15-22(4)13-9-6-10-14-22/h5,7-8,11-12,19H,6,9-10,13-15H2,1-4H3,(H,24,26)(H,25,27)/t19-/m0/s1. The SMILES string of the molecule is CC(=N[C@@H](CC1(C)CCCCC1)C(=O)NC(C)(C)C#N)NS(=O)(=O)c1ccccc1. The van der Waals surface area contributed by atoms with Gasteiger partial charge >= 0.3 is 0 Å². The molecule has 0 heterocycles. The maximum absolute atomic E-state index is 13.0. The lowest BCUT2D eigenvalue weighted by Gasteiger charge is -2.35. The van der Waals surface area contributed by atoms with Gasteiger partial charge in [-0.05, 0) is 57.6 Å². The van der Waals surface area contributed by atoms with Crippen LogP contribution in [0.25, 0.3) is 0 Å². The topological polar surface area (TPSA) is 111 Å². The number of amidine groups is 1. The molecule has 1 aromatic carbocycles. The lowest BCUT2D eigenvalue weighted by atomic mass is 9.72. The van der Waals surface area contributed by atoms with E-state index in [0.717, 1.165) is 25.7 Å². The van der Waals surface area contributed by atoms with E-state index in [1.807, 2.05) is 0 Å². The van der Waals surface area contributed by atoms with E-state index in [0.29, 0.717) is 6.42 Å². The second-order valence-electron chi connectivity index (χ2n) is 8.95. The van der Waals surface area contributed by atoms with Gasteiger partial charge in [-0.2, -0.15) is 5.26 Å². The average Bonchev–Trinajstić information content (AvgIpc) is 2.68. The minimum Gasteiger partial charge on any atom is -0.336 e. The van der Waals surface area contributed by atoms with Crippen molar-refractivity contribution in [2.75, 3.05) is 0 Å². The van der Waals surface area contributed by atoms with Crippen molar-refractivity contribution < 1.29 is 13.2 Å². The van der Waals surface area contributed by atoms with Crippen molar-refractivity contribution in [3.63, 3.8) is 0 Å². The van der Waals surface area contributed by atoms with Gasteiger partial charge in [0.15, 0.2) is 0 Å². The molecular weight excluding hydrogens is 400 g/mol. The summed E-state index contributed by atoms with van der Waals surface area (Å²) in [5.74, 6) is -0.222. The smallest absolute Gasteiger partial charge is 0.262 e. The molecular formula is C22H32N4O3S. The second kappa shape index (κ2) is 9.61. The minimum atomic E-state index is -3.78. The molecule has 2 rings (SSSR count). The first kappa shape index (κ1) is 23.9. The summed E-state index contributed by atoms with van der Waals surface area (Å²) in [4.78, 5) is 17.5. The summed E-state index contributed by atoms with van der Waals surface area (Å²) in [6.07, 6.45) is 5.92. The summed E-state index contributed by atoms with van der Waals surface area (Å²) >= 11 is 0. The van der Waals surface area contributed by atoms with E-state index >= 15 is 0 Å². The first-order valence-corrected chi connectivity index (χ1v) is 11.8. The van der Waals surface area contributed by atoms with E-state index in [-0.39, 0.29) is 22.1 Å². The van der Waals surface area contributed by atoms with Crippen LogP contribution >= 0.6 is 0 Å². The van der Waals surface area contributed by atoms with Crippen LogP contribution in [0.5, 0.6) is 0 Å². The van der Waals surface area contributed by atoms with Gasteiger partial charge in [0.25, 0.3) is 10.0 Å². The van der Waals surface area contributed by atoms with E-state index < -0.39 is 21.6 Å². The van der Waals surface area contributed by atoms with Gasteiger partial charge in [-0.1, -0.05) is 44.4 Å². The van der Waals surface area contributed by atoms with Crippen LogP contribution in [0.1, 0.15) is 66.2 Å². The number of hydrogen-bond acceptors (Lipinski definition) is 5. The Balaban J connectivity index is 2.26. The van der Waals surface area contributed by atoms with Crippen LogP contribution in [0.4, 0.5) is 0 Å². The molecule has 0 aliphatic heterocycles. The third kappa shape index (κ3) is 6.84. The molecule has 1 aliphatic rings. The molecule has 1 saturated carbocycles. The molecule has 2 N–H and O–H groups in total. The molecule has 0 unspecified atom stereocenters. The Morgan fingerprint density at radius 2 is 1.83 bits per heavy atom. The molecule has 0 radical (unpaired) electrons. The fourth-order valence-electron chi connectivity index (χ4n) is 3.81. The Hall–Kier alpha value is -2.40. The minimum absolute atomic E-state index is 0.0425. The van der Waals surface area contributed by atoms with E-state index in [9.17, 15) is 18.5 Å². The van der Waals surface area contributed by atoms with Gasteiger partial charge in [-0.25, -0.2) is 8.42 Å². The number of carbonyl (C=O) groups excluding carboxylic acids is 1. The van der Waals surface area contributed by atoms with E-state index in [2.05, 4.69) is 28.0 Å². The highest BCUT2D eigenvalue weighted by molar-refractivity contribution is 7.90. The average molecular weight is 433 g/mol. The van der Waals surface area contributed by atoms with Crippen molar-refractivity contribution in [1.82, 2.24) is 10.0 Å². The van der Waals surface area contributed by atoms with Gasteiger partial charge in [0, 0.05) is 0 Å². The van der Waals surface area contributed by atoms with Crippen LogP contribution in [0.15, 0.2) is 40.2 Å². The Morgan fingerprint density at radius 1 is 1.23 bits per heavy atom. The fraction of sp³-hybridized carbons (Fsp3) is 0.591. The van der Waals surface area contributed by atoms with Crippen LogP contribution in [0.2, 0.25) is 0 Å². The van der Waals surface area contributed by atoms with Gasteiger partial charge in [0.05, 0.1) is 11.0 Å². The molecule has 1 fully saturated rings. The maximum atomic E-state index is 13.0. The fourth-order valence-corrected chi connectivity index (χ4v) is 4.88. The molecule has 8 heteroatoms. The lowest BCUT2D eigenvalue weighted by molar-refractivity contribution is -0.124. The van der Waals surface area contributed by atoms with Gasteiger partial charge in [0.2, 0.25) is 5.91 Å². The molecule has 0 aromatic heterocycles. The number of carbonyl (C=O) groups is 1. The molecule has 1 amide bonds. The Bertz CT molecular complexity index is 911. The molecule has 1 aliphatic carbocycles.